The minimum Gasteiger partial charge on any atom is -0.357 e. The molecule has 0 aliphatic carbocycles. The van der Waals surface area contributed by atoms with E-state index in [0.717, 1.165) is 18.3 Å². The Bertz CT molecular complexity index is 1120. The zero-order chi connectivity index (χ0) is 29.4. The molecule has 1 fully saturated rings. The molecule has 1 aromatic rings. The fraction of sp³-hybridized carbons (Fsp3) is 0.600. The van der Waals surface area contributed by atoms with Crippen LogP contribution in [0.25, 0.3) is 0 Å². The fourth-order valence-electron chi connectivity index (χ4n) is 4.04. The summed E-state index contributed by atoms with van der Waals surface area (Å²) in [5, 5.41) is 5.65. The standard InChI is InChI=1S/C25H34F6N6O2/c1-5-7-8-19(24(26,27)28)16-32-18(4)36-11-13-37(14-12-36)22(38)9-10-35(6-2)17(3)21-15-20(25(29,30)31)23(39)34-33-21/h7-8,15-17H,5-6,9-14H2,1-4H3,(H,34,39)/b8-7+,19-16+,32-18?. The molecule has 1 aliphatic heterocycles. The lowest BCUT2D eigenvalue weighted by Gasteiger charge is -2.36. The topological polar surface area (TPSA) is 84.9 Å². The number of piperazine rings is 1. The number of carbonyl (C=O) groups is 1. The Morgan fingerprint density at radius 3 is 2.31 bits per heavy atom. The van der Waals surface area contributed by atoms with Crippen LogP contribution in [-0.4, -0.2) is 82.1 Å². The van der Waals surface area contributed by atoms with Crippen LogP contribution in [0.15, 0.2) is 39.8 Å². The minimum absolute atomic E-state index is 0.0347. The van der Waals surface area contributed by atoms with Crippen LogP contribution >= 0.6 is 0 Å². The number of amides is 1. The monoisotopic (exact) mass is 564 g/mol. The number of aliphatic imine (C=N–C) groups is 1. The Balaban J connectivity index is 1.96. The molecule has 0 bridgehead atoms. The third kappa shape index (κ3) is 9.22. The van der Waals surface area contributed by atoms with Crippen molar-refractivity contribution in [2.45, 2.75) is 58.9 Å². The lowest BCUT2D eigenvalue weighted by atomic mass is 10.1. The number of rotatable bonds is 9. The first kappa shape index (κ1) is 32.1. The number of hydrogen-bond donors (Lipinski definition) is 1. The predicted molar refractivity (Wildman–Crippen MR) is 135 cm³/mol. The number of nitrogens with zero attached hydrogens (tertiary/aromatic N) is 5. The summed E-state index contributed by atoms with van der Waals surface area (Å²) in [4.78, 5) is 33.5. The van der Waals surface area contributed by atoms with E-state index in [0.29, 0.717) is 45.0 Å². The Morgan fingerprint density at radius 1 is 1.15 bits per heavy atom. The van der Waals surface area contributed by atoms with Crippen molar-refractivity contribution in [3.63, 3.8) is 0 Å². The van der Waals surface area contributed by atoms with E-state index in [9.17, 15) is 35.9 Å². The minimum atomic E-state index is -4.81. The number of aromatic amines is 1. The Hall–Kier alpha value is -3.16. The van der Waals surface area contributed by atoms with Crippen molar-refractivity contribution in [1.82, 2.24) is 24.9 Å². The van der Waals surface area contributed by atoms with Crippen LogP contribution < -0.4 is 5.56 Å². The van der Waals surface area contributed by atoms with Crippen LogP contribution in [0.5, 0.6) is 0 Å². The van der Waals surface area contributed by atoms with Gasteiger partial charge in [-0.05, 0) is 32.9 Å². The van der Waals surface area contributed by atoms with E-state index in [-0.39, 0.29) is 24.6 Å². The second-order valence-corrected chi connectivity index (χ2v) is 9.02. The Morgan fingerprint density at radius 2 is 1.77 bits per heavy atom. The zero-order valence-electron chi connectivity index (χ0n) is 22.4. The molecule has 1 aliphatic rings. The maximum atomic E-state index is 13.1. The molecule has 2 rings (SSSR count). The molecule has 1 unspecified atom stereocenters. The number of alkyl halides is 6. The highest BCUT2D eigenvalue weighted by atomic mass is 19.4. The van der Waals surface area contributed by atoms with Gasteiger partial charge in [-0.2, -0.15) is 31.4 Å². The van der Waals surface area contributed by atoms with Crippen molar-refractivity contribution in [1.29, 1.82) is 0 Å². The van der Waals surface area contributed by atoms with Gasteiger partial charge in [-0.1, -0.05) is 26.0 Å². The molecule has 218 valence electrons. The number of H-pyrrole nitrogens is 1. The third-order valence-corrected chi connectivity index (χ3v) is 6.46. The van der Waals surface area contributed by atoms with Crippen LogP contribution in [0.2, 0.25) is 0 Å². The first-order valence-electron chi connectivity index (χ1n) is 12.6. The normalized spacial score (nSPS) is 16.9. The third-order valence-electron chi connectivity index (χ3n) is 6.46. The molecular weight excluding hydrogens is 530 g/mol. The highest BCUT2D eigenvalue weighted by Crippen LogP contribution is 2.29. The van der Waals surface area contributed by atoms with Crippen molar-refractivity contribution in [2.75, 3.05) is 39.3 Å². The van der Waals surface area contributed by atoms with Crippen LogP contribution in [0.4, 0.5) is 26.3 Å². The van der Waals surface area contributed by atoms with Gasteiger partial charge in [0.15, 0.2) is 0 Å². The maximum absolute atomic E-state index is 13.1. The Kier molecular flexibility index (Phi) is 11.3. The van der Waals surface area contributed by atoms with E-state index in [1.807, 2.05) is 5.10 Å². The first-order chi connectivity index (χ1) is 18.2. The number of carbonyl (C=O) groups excluding carboxylic acids is 1. The largest absolute Gasteiger partial charge is 0.421 e. The zero-order valence-corrected chi connectivity index (χ0v) is 22.4. The summed E-state index contributed by atoms with van der Waals surface area (Å²) in [5.41, 5.74) is -3.46. The molecule has 39 heavy (non-hydrogen) atoms. The fourth-order valence-corrected chi connectivity index (χ4v) is 4.04. The number of allylic oxidation sites excluding steroid dienone is 3. The highest BCUT2D eigenvalue weighted by molar-refractivity contribution is 5.81. The SMILES string of the molecule is CC/C=C/C(=C\N=C(C)N1CCN(C(=O)CCN(CC)C(C)c2cc(C(F)(F)F)c(=O)[nH]n2)CC1)C(F)(F)F. The molecule has 0 radical (unpaired) electrons. The van der Waals surface area contributed by atoms with Gasteiger partial charge in [-0.3, -0.25) is 14.5 Å². The van der Waals surface area contributed by atoms with Gasteiger partial charge in [-0.25, -0.2) is 10.1 Å². The van der Waals surface area contributed by atoms with Crippen molar-refractivity contribution >= 4 is 11.7 Å². The van der Waals surface area contributed by atoms with Crippen molar-refractivity contribution in [2.24, 2.45) is 4.99 Å². The quantitative estimate of drug-likeness (QED) is 0.206. The molecule has 2 heterocycles. The number of amidine groups is 1. The van der Waals surface area contributed by atoms with Gasteiger partial charge >= 0.3 is 12.4 Å². The van der Waals surface area contributed by atoms with Crippen LogP contribution in [0.1, 0.15) is 57.8 Å². The van der Waals surface area contributed by atoms with Crippen molar-refractivity contribution in [3.05, 3.63) is 51.6 Å². The van der Waals surface area contributed by atoms with E-state index in [2.05, 4.69) is 10.1 Å². The van der Waals surface area contributed by atoms with Gasteiger partial charge in [0.1, 0.15) is 11.4 Å². The van der Waals surface area contributed by atoms with Crippen LogP contribution in [-0.2, 0) is 11.0 Å². The van der Waals surface area contributed by atoms with Gasteiger partial charge in [-0.15, -0.1) is 0 Å². The first-order valence-corrected chi connectivity index (χ1v) is 12.6. The van der Waals surface area contributed by atoms with E-state index >= 15 is 0 Å². The summed E-state index contributed by atoms with van der Waals surface area (Å²) in [7, 11) is 0. The number of halogens is 6. The predicted octanol–water partition coefficient (Wildman–Crippen LogP) is 4.54. The smallest absolute Gasteiger partial charge is 0.357 e. The maximum Gasteiger partial charge on any atom is 0.421 e. The second-order valence-electron chi connectivity index (χ2n) is 9.02. The summed E-state index contributed by atoms with van der Waals surface area (Å²) in [6.45, 7) is 8.99. The average molecular weight is 565 g/mol. The molecular formula is C25H34F6N6O2. The summed E-state index contributed by atoms with van der Waals surface area (Å²) < 4.78 is 78.8. The van der Waals surface area contributed by atoms with E-state index in [1.54, 1.807) is 42.4 Å². The molecule has 0 saturated carbocycles. The van der Waals surface area contributed by atoms with E-state index in [4.69, 9.17) is 0 Å². The molecule has 1 amide bonds. The van der Waals surface area contributed by atoms with Gasteiger partial charge in [0.25, 0.3) is 5.56 Å². The molecule has 1 N–H and O–H groups in total. The second kappa shape index (κ2) is 13.8. The lowest BCUT2D eigenvalue weighted by molar-refractivity contribution is -0.139. The molecule has 0 aromatic carbocycles. The van der Waals surface area contributed by atoms with E-state index in [1.165, 1.54) is 6.08 Å². The lowest BCUT2D eigenvalue weighted by Crippen LogP contribution is -2.50. The van der Waals surface area contributed by atoms with Gasteiger partial charge in [0, 0.05) is 45.3 Å². The Labute approximate surface area is 223 Å². The number of hydrogen-bond acceptors (Lipinski definition) is 5. The summed E-state index contributed by atoms with van der Waals surface area (Å²) in [6, 6.07) is 0.141. The molecule has 8 nitrogen and oxygen atoms in total. The van der Waals surface area contributed by atoms with E-state index < -0.39 is 35.1 Å². The average Bonchev–Trinajstić information content (AvgIpc) is 2.87. The highest BCUT2D eigenvalue weighted by Gasteiger charge is 2.35. The number of nitrogens with one attached hydrogen (secondary N) is 1. The molecule has 0 spiro atoms. The van der Waals surface area contributed by atoms with Crippen LogP contribution in [0, 0.1) is 0 Å². The molecule has 14 heteroatoms. The number of aromatic nitrogens is 2. The molecule has 1 aromatic heterocycles. The summed E-state index contributed by atoms with van der Waals surface area (Å²) in [5.74, 6) is 0.260. The van der Waals surface area contributed by atoms with Crippen molar-refractivity contribution in [3.8, 4) is 0 Å². The van der Waals surface area contributed by atoms with Gasteiger partial charge < -0.3 is 9.80 Å². The van der Waals surface area contributed by atoms with Gasteiger partial charge in [0.05, 0.1) is 17.3 Å². The summed E-state index contributed by atoms with van der Waals surface area (Å²) >= 11 is 0. The molecule has 1 atom stereocenters. The van der Waals surface area contributed by atoms with Crippen molar-refractivity contribution < 1.29 is 31.1 Å². The van der Waals surface area contributed by atoms with Gasteiger partial charge in [0.2, 0.25) is 5.91 Å². The summed E-state index contributed by atoms with van der Waals surface area (Å²) in [6.07, 6.45) is -5.55. The molecule has 1 saturated heterocycles. The van der Waals surface area contributed by atoms with Crippen LogP contribution in [0.3, 0.4) is 0 Å².